The van der Waals surface area contributed by atoms with Crippen LogP contribution < -0.4 is 5.32 Å². The second kappa shape index (κ2) is 5.26. The summed E-state index contributed by atoms with van der Waals surface area (Å²) in [7, 11) is 0. The summed E-state index contributed by atoms with van der Waals surface area (Å²) < 4.78 is 0. The molecule has 0 bridgehead atoms. The molecule has 15 heavy (non-hydrogen) atoms. The van der Waals surface area contributed by atoms with Crippen molar-refractivity contribution in [3.63, 3.8) is 0 Å². The van der Waals surface area contributed by atoms with Crippen LogP contribution in [0.25, 0.3) is 0 Å². The average molecular weight is 206 g/mol. The van der Waals surface area contributed by atoms with Gasteiger partial charge in [-0.2, -0.15) is 0 Å². The first-order chi connectivity index (χ1) is 7.42. The van der Waals surface area contributed by atoms with E-state index in [1.807, 2.05) is 18.2 Å². The molecule has 1 unspecified atom stereocenters. The Labute approximate surface area is 90.7 Å². The molecule has 3 nitrogen and oxygen atoms in total. The second-order valence-corrected chi connectivity index (χ2v) is 3.90. The third-order valence-electron chi connectivity index (χ3n) is 2.95. The monoisotopic (exact) mass is 206 g/mol. The van der Waals surface area contributed by atoms with Crippen LogP contribution in [0, 0.1) is 0 Å². The zero-order valence-corrected chi connectivity index (χ0v) is 8.89. The Morgan fingerprint density at radius 3 is 2.47 bits per heavy atom. The molecule has 82 valence electrons. The van der Waals surface area contributed by atoms with Crippen LogP contribution in [0.5, 0.6) is 0 Å². The van der Waals surface area contributed by atoms with Gasteiger partial charge in [-0.1, -0.05) is 30.3 Å². The maximum atomic E-state index is 9.47. The summed E-state index contributed by atoms with van der Waals surface area (Å²) in [5.41, 5.74) is 1.21. The standard InChI is InChI=1S/C12H18N2O/c15-10-12(11-4-2-1-3-5-11)14-8-6-13-7-9-14/h1-5,12-13,15H,6-10H2. The molecule has 0 spiro atoms. The molecule has 1 fully saturated rings. The minimum absolute atomic E-state index is 0.160. The van der Waals surface area contributed by atoms with Crippen molar-refractivity contribution in [1.82, 2.24) is 10.2 Å². The predicted molar refractivity (Wildman–Crippen MR) is 60.7 cm³/mol. The SMILES string of the molecule is OCC(c1ccccc1)N1CCNCC1. The van der Waals surface area contributed by atoms with Crippen molar-refractivity contribution in [2.75, 3.05) is 32.8 Å². The van der Waals surface area contributed by atoms with Gasteiger partial charge in [-0.05, 0) is 5.56 Å². The molecule has 2 rings (SSSR count). The number of hydrogen-bond donors (Lipinski definition) is 2. The van der Waals surface area contributed by atoms with Crippen LogP contribution in [0.1, 0.15) is 11.6 Å². The third-order valence-corrected chi connectivity index (χ3v) is 2.95. The number of aliphatic hydroxyl groups excluding tert-OH is 1. The zero-order chi connectivity index (χ0) is 10.5. The fourth-order valence-electron chi connectivity index (χ4n) is 2.10. The van der Waals surface area contributed by atoms with E-state index >= 15 is 0 Å². The van der Waals surface area contributed by atoms with E-state index in [1.54, 1.807) is 0 Å². The van der Waals surface area contributed by atoms with Crippen LogP contribution in [-0.4, -0.2) is 42.8 Å². The minimum atomic E-state index is 0.160. The molecule has 0 radical (unpaired) electrons. The van der Waals surface area contributed by atoms with E-state index in [4.69, 9.17) is 0 Å². The molecule has 1 aromatic carbocycles. The van der Waals surface area contributed by atoms with Crippen molar-refractivity contribution in [3.05, 3.63) is 35.9 Å². The summed E-state index contributed by atoms with van der Waals surface area (Å²) in [4.78, 5) is 2.34. The first kappa shape index (κ1) is 10.6. The topological polar surface area (TPSA) is 35.5 Å². The van der Waals surface area contributed by atoms with Crippen molar-refractivity contribution in [2.24, 2.45) is 0 Å². The van der Waals surface area contributed by atoms with Crippen molar-refractivity contribution in [2.45, 2.75) is 6.04 Å². The lowest BCUT2D eigenvalue weighted by Gasteiger charge is -2.34. The maximum absolute atomic E-state index is 9.47. The normalized spacial score (nSPS) is 20.1. The number of piperazine rings is 1. The Hall–Kier alpha value is -0.900. The molecule has 1 aliphatic heterocycles. The fourth-order valence-corrected chi connectivity index (χ4v) is 2.10. The Morgan fingerprint density at radius 2 is 1.87 bits per heavy atom. The van der Waals surface area contributed by atoms with Gasteiger partial charge in [-0.15, -0.1) is 0 Å². The minimum Gasteiger partial charge on any atom is -0.394 e. The third kappa shape index (κ3) is 2.56. The molecular weight excluding hydrogens is 188 g/mol. The quantitative estimate of drug-likeness (QED) is 0.761. The second-order valence-electron chi connectivity index (χ2n) is 3.90. The van der Waals surface area contributed by atoms with Crippen molar-refractivity contribution in [1.29, 1.82) is 0 Å². The zero-order valence-electron chi connectivity index (χ0n) is 8.89. The van der Waals surface area contributed by atoms with Crippen molar-refractivity contribution >= 4 is 0 Å². The highest BCUT2D eigenvalue weighted by atomic mass is 16.3. The Morgan fingerprint density at radius 1 is 1.20 bits per heavy atom. The van der Waals surface area contributed by atoms with Crippen LogP contribution >= 0.6 is 0 Å². The van der Waals surface area contributed by atoms with Gasteiger partial charge in [0, 0.05) is 26.2 Å². The molecule has 1 aromatic rings. The number of aliphatic hydroxyl groups is 1. The van der Waals surface area contributed by atoms with E-state index in [0.717, 1.165) is 26.2 Å². The van der Waals surface area contributed by atoms with E-state index in [-0.39, 0.29) is 12.6 Å². The highest BCUT2D eigenvalue weighted by molar-refractivity contribution is 5.19. The van der Waals surface area contributed by atoms with E-state index in [9.17, 15) is 5.11 Å². The van der Waals surface area contributed by atoms with Gasteiger partial charge in [0.2, 0.25) is 0 Å². The number of rotatable bonds is 3. The maximum Gasteiger partial charge on any atom is 0.0628 e. The Bertz CT molecular complexity index is 283. The van der Waals surface area contributed by atoms with Gasteiger partial charge >= 0.3 is 0 Å². The molecule has 0 aliphatic carbocycles. The summed E-state index contributed by atoms with van der Waals surface area (Å²) in [5.74, 6) is 0. The number of nitrogens with zero attached hydrogens (tertiary/aromatic N) is 1. The van der Waals surface area contributed by atoms with E-state index < -0.39 is 0 Å². The van der Waals surface area contributed by atoms with Gasteiger partial charge in [-0.3, -0.25) is 4.90 Å². The lowest BCUT2D eigenvalue weighted by Crippen LogP contribution is -2.46. The summed E-state index contributed by atoms with van der Waals surface area (Å²) >= 11 is 0. The molecule has 0 amide bonds. The molecule has 0 saturated carbocycles. The first-order valence-corrected chi connectivity index (χ1v) is 5.52. The van der Waals surface area contributed by atoms with Gasteiger partial charge < -0.3 is 10.4 Å². The summed E-state index contributed by atoms with van der Waals surface area (Å²) in [6.45, 7) is 4.26. The Balaban J connectivity index is 2.09. The van der Waals surface area contributed by atoms with Crippen LogP contribution in [0.15, 0.2) is 30.3 Å². The van der Waals surface area contributed by atoms with Gasteiger partial charge in [0.1, 0.15) is 0 Å². The number of benzene rings is 1. The van der Waals surface area contributed by atoms with Crippen molar-refractivity contribution in [3.8, 4) is 0 Å². The van der Waals surface area contributed by atoms with Crippen LogP contribution in [-0.2, 0) is 0 Å². The highest BCUT2D eigenvalue weighted by Gasteiger charge is 2.20. The molecule has 1 saturated heterocycles. The average Bonchev–Trinajstić information content (AvgIpc) is 2.33. The summed E-state index contributed by atoms with van der Waals surface area (Å²) in [6.07, 6.45) is 0. The Kier molecular flexibility index (Phi) is 3.72. The lowest BCUT2D eigenvalue weighted by atomic mass is 10.1. The van der Waals surface area contributed by atoms with Gasteiger partial charge in [-0.25, -0.2) is 0 Å². The first-order valence-electron chi connectivity index (χ1n) is 5.52. The molecule has 1 heterocycles. The van der Waals surface area contributed by atoms with Crippen molar-refractivity contribution < 1.29 is 5.11 Å². The molecule has 0 aromatic heterocycles. The molecular formula is C12H18N2O. The molecule has 3 heteroatoms. The van der Waals surface area contributed by atoms with Gasteiger partial charge in [0.15, 0.2) is 0 Å². The van der Waals surface area contributed by atoms with E-state index in [1.165, 1.54) is 5.56 Å². The summed E-state index contributed by atoms with van der Waals surface area (Å²) in [6, 6.07) is 10.4. The predicted octanol–water partition coefficient (Wildman–Crippen LogP) is 0.625. The fraction of sp³-hybridized carbons (Fsp3) is 0.500. The van der Waals surface area contributed by atoms with Gasteiger partial charge in [0.25, 0.3) is 0 Å². The van der Waals surface area contributed by atoms with Crippen LogP contribution in [0.4, 0.5) is 0 Å². The van der Waals surface area contributed by atoms with E-state index in [2.05, 4.69) is 22.3 Å². The molecule has 2 N–H and O–H groups in total. The van der Waals surface area contributed by atoms with Gasteiger partial charge in [0.05, 0.1) is 12.6 Å². The molecule has 1 atom stereocenters. The number of nitrogens with one attached hydrogen (secondary N) is 1. The molecule has 1 aliphatic rings. The summed E-state index contributed by atoms with van der Waals surface area (Å²) in [5, 5.41) is 12.8. The van der Waals surface area contributed by atoms with Crippen LogP contribution in [0.3, 0.4) is 0 Å². The highest BCUT2D eigenvalue weighted by Crippen LogP contribution is 2.19. The smallest absolute Gasteiger partial charge is 0.0628 e. The van der Waals surface area contributed by atoms with E-state index in [0.29, 0.717) is 0 Å². The van der Waals surface area contributed by atoms with Crippen LogP contribution in [0.2, 0.25) is 0 Å². The lowest BCUT2D eigenvalue weighted by molar-refractivity contribution is 0.111. The number of hydrogen-bond acceptors (Lipinski definition) is 3. The largest absolute Gasteiger partial charge is 0.394 e.